The fraction of sp³-hybridized carbons (Fsp3) is 0.417. The van der Waals surface area contributed by atoms with Crippen molar-refractivity contribution >= 4 is 28.8 Å². The van der Waals surface area contributed by atoms with Gasteiger partial charge in [0.05, 0.1) is 24.2 Å². The van der Waals surface area contributed by atoms with E-state index in [4.69, 9.17) is 11.6 Å². The van der Waals surface area contributed by atoms with E-state index in [1.54, 1.807) is 11.0 Å². The summed E-state index contributed by atoms with van der Waals surface area (Å²) in [5.74, 6) is -0.185. The molecule has 0 fully saturated rings. The van der Waals surface area contributed by atoms with Crippen LogP contribution in [0.25, 0.3) is 0 Å². The molecule has 0 aliphatic carbocycles. The maximum absolute atomic E-state index is 11.8. The van der Waals surface area contributed by atoms with Gasteiger partial charge in [0.15, 0.2) is 0 Å². The molecule has 5 heteroatoms. The molecule has 0 unspecified atom stereocenters. The van der Waals surface area contributed by atoms with Crippen LogP contribution >= 0.6 is 22.9 Å². The lowest BCUT2D eigenvalue weighted by Crippen LogP contribution is -2.40. The standard InChI is InChI=1S/C12H16ClNO2S/c1-3-9(8-15)14(12(16)4-2)7-11-10(13)5-6-17-11/h4-6,9,15H,2-3,7-8H2,1H3/t9-/m0/s1. The number of carbonyl (C=O) groups is 1. The van der Waals surface area contributed by atoms with Gasteiger partial charge in [-0.05, 0) is 23.9 Å². The monoisotopic (exact) mass is 273 g/mol. The summed E-state index contributed by atoms with van der Waals surface area (Å²) >= 11 is 7.51. The van der Waals surface area contributed by atoms with Gasteiger partial charge in [-0.3, -0.25) is 4.79 Å². The molecule has 0 aliphatic rings. The van der Waals surface area contributed by atoms with Crippen LogP contribution in [0.5, 0.6) is 0 Å². The second-order valence-corrected chi connectivity index (χ2v) is 5.01. The second-order valence-electron chi connectivity index (χ2n) is 3.61. The summed E-state index contributed by atoms with van der Waals surface area (Å²) in [6.45, 7) is 5.77. The Morgan fingerprint density at radius 3 is 2.88 bits per heavy atom. The predicted molar refractivity (Wildman–Crippen MR) is 71.2 cm³/mol. The molecule has 17 heavy (non-hydrogen) atoms. The Morgan fingerprint density at radius 1 is 1.76 bits per heavy atom. The molecule has 0 spiro atoms. The van der Waals surface area contributed by atoms with Gasteiger partial charge in [-0.1, -0.05) is 25.1 Å². The Bertz CT molecular complexity index is 388. The van der Waals surface area contributed by atoms with Crippen molar-refractivity contribution in [1.29, 1.82) is 0 Å². The Morgan fingerprint density at radius 2 is 2.47 bits per heavy atom. The molecule has 1 aromatic rings. The maximum Gasteiger partial charge on any atom is 0.246 e. The highest BCUT2D eigenvalue weighted by atomic mass is 35.5. The molecule has 0 radical (unpaired) electrons. The van der Waals surface area contributed by atoms with Crippen molar-refractivity contribution in [3.8, 4) is 0 Å². The highest BCUT2D eigenvalue weighted by Crippen LogP contribution is 2.24. The molecule has 94 valence electrons. The first-order valence-corrected chi connectivity index (χ1v) is 6.65. The SMILES string of the molecule is C=CC(=O)N(Cc1sccc1Cl)[C@@H](CC)CO. The lowest BCUT2D eigenvalue weighted by molar-refractivity contribution is -0.129. The number of carbonyl (C=O) groups excluding carboxylic acids is 1. The number of hydrogen-bond donors (Lipinski definition) is 1. The van der Waals surface area contributed by atoms with E-state index in [1.807, 2.05) is 12.3 Å². The van der Waals surface area contributed by atoms with Gasteiger partial charge in [-0.2, -0.15) is 0 Å². The van der Waals surface area contributed by atoms with Gasteiger partial charge in [-0.15, -0.1) is 11.3 Å². The van der Waals surface area contributed by atoms with E-state index in [0.29, 0.717) is 18.0 Å². The van der Waals surface area contributed by atoms with Gasteiger partial charge in [0.2, 0.25) is 5.91 Å². The van der Waals surface area contributed by atoms with E-state index in [-0.39, 0.29) is 18.6 Å². The van der Waals surface area contributed by atoms with Gasteiger partial charge >= 0.3 is 0 Å². The van der Waals surface area contributed by atoms with Crippen LogP contribution in [-0.2, 0) is 11.3 Å². The van der Waals surface area contributed by atoms with Crippen molar-refractivity contribution in [2.24, 2.45) is 0 Å². The molecule has 1 N–H and O–H groups in total. The Balaban J connectivity index is 2.87. The van der Waals surface area contributed by atoms with E-state index in [0.717, 1.165) is 4.88 Å². The van der Waals surface area contributed by atoms with Crippen LogP contribution in [0.3, 0.4) is 0 Å². The Hall–Kier alpha value is -0.840. The summed E-state index contributed by atoms with van der Waals surface area (Å²) in [6, 6.07) is 1.61. The summed E-state index contributed by atoms with van der Waals surface area (Å²) in [5, 5.41) is 11.8. The number of hydrogen-bond acceptors (Lipinski definition) is 3. The van der Waals surface area contributed by atoms with E-state index in [2.05, 4.69) is 6.58 Å². The topological polar surface area (TPSA) is 40.5 Å². The number of halogens is 1. The van der Waals surface area contributed by atoms with Crippen LogP contribution < -0.4 is 0 Å². The van der Waals surface area contributed by atoms with Gasteiger partial charge in [0.25, 0.3) is 0 Å². The third-order valence-electron chi connectivity index (χ3n) is 2.59. The minimum absolute atomic E-state index is 0.0565. The maximum atomic E-state index is 11.8. The van der Waals surface area contributed by atoms with E-state index in [1.165, 1.54) is 17.4 Å². The van der Waals surface area contributed by atoms with Crippen molar-refractivity contribution < 1.29 is 9.90 Å². The molecule has 0 saturated carbocycles. The molecule has 1 atom stereocenters. The molecule has 0 bridgehead atoms. The molecule has 0 saturated heterocycles. The predicted octanol–water partition coefficient (Wildman–Crippen LogP) is 2.69. The van der Waals surface area contributed by atoms with Crippen molar-refractivity contribution in [3.63, 3.8) is 0 Å². The van der Waals surface area contributed by atoms with Crippen LogP contribution in [0.4, 0.5) is 0 Å². The normalized spacial score (nSPS) is 12.2. The molecule has 1 rings (SSSR count). The van der Waals surface area contributed by atoms with Crippen molar-refractivity contribution in [3.05, 3.63) is 34.0 Å². The number of nitrogens with zero attached hydrogens (tertiary/aromatic N) is 1. The highest BCUT2D eigenvalue weighted by Gasteiger charge is 2.21. The van der Waals surface area contributed by atoms with Gasteiger partial charge in [0, 0.05) is 4.88 Å². The van der Waals surface area contributed by atoms with E-state index < -0.39 is 0 Å². The van der Waals surface area contributed by atoms with E-state index >= 15 is 0 Å². The summed E-state index contributed by atoms with van der Waals surface area (Å²) in [7, 11) is 0. The van der Waals surface area contributed by atoms with Crippen LogP contribution in [0, 0.1) is 0 Å². The fourth-order valence-electron chi connectivity index (χ4n) is 1.54. The van der Waals surface area contributed by atoms with Crippen LogP contribution in [0.1, 0.15) is 18.2 Å². The number of thiophene rings is 1. The molecule has 3 nitrogen and oxygen atoms in total. The van der Waals surface area contributed by atoms with Crippen LogP contribution in [0.2, 0.25) is 5.02 Å². The minimum atomic E-state index is -0.196. The Labute approximate surface area is 110 Å². The van der Waals surface area contributed by atoms with Crippen molar-refractivity contribution in [2.75, 3.05) is 6.61 Å². The molecule has 0 aliphatic heterocycles. The summed E-state index contributed by atoms with van der Waals surface area (Å²) in [6.07, 6.45) is 1.96. The van der Waals surface area contributed by atoms with Crippen molar-refractivity contribution in [2.45, 2.75) is 25.9 Å². The number of amides is 1. The zero-order valence-electron chi connectivity index (χ0n) is 9.73. The molecule has 1 heterocycles. The largest absolute Gasteiger partial charge is 0.394 e. The zero-order valence-corrected chi connectivity index (χ0v) is 11.3. The van der Waals surface area contributed by atoms with Gasteiger partial charge in [-0.25, -0.2) is 0 Å². The first-order valence-electron chi connectivity index (χ1n) is 5.39. The number of rotatable bonds is 6. The minimum Gasteiger partial charge on any atom is -0.394 e. The highest BCUT2D eigenvalue weighted by molar-refractivity contribution is 7.10. The fourth-order valence-corrected chi connectivity index (χ4v) is 2.64. The first kappa shape index (κ1) is 14.2. The third kappa shape index (κ3) is 3.56. The average molecular weight is 274 g/mol. The van der Waals surface area contributed by atoms with Crippen LogP contribution in [-0.4, -0.2) is 28.6 Å². The smallest absolute Gasteiger partial charge is 0.246 e. The first-order chi connectivity index (χ1) is 8.13. The molecular formula is C12H16ClNO2S. The lowest BCUT2D eigenvalue weighted by atomic mass is 10.2. The van der Waals surface area contributed by atoms with Gasteiger partial charge in [0.1, 0.15) is 0 Å². The average Bonchev–Trinajstić information content (AvgIpc) is 2.74. The van der Waals surface area contributed by atoms with Crippen LogP contribution in [0.15, 0.2) is 24.1 Å². The van der Waals surface area contributed by atoms with Gasteiger partial charge < -0.3 is 10.0 Å². The lowest BCUT2D eigenvalue weighted by Gasteiger charge is -2.28. The Kier molecular flexibility index (Phi) is 5.68. The molecule has 1 aromatic heterocycles. The summed E-state index contributed by atoms with van der Waals surface area (Å²) in [4.78, 5) is 14.3. The summed E-state index contributed by atoms with van der Waals surface area (Å²) < 4.78 is 0. The van der Waals surface area contributed by atoms with Crippen molar-refractivity contribution in [1.82, 2.24) is 4.90 Å². The zero-order chi connectivity index (χ0) is 12.8. The number of aliphatic hydroxyl groups is 1. The third-order valence-corrected chi connectivity index (χ3v) is 3.96. The quantitative estimate of drug-likeness (QED) is 0.810. The molecular weight excluding hydrogens is 258 g/mol. The number of aliphatic hydroxyl groups excluding tert-OH is 1. The summed E-state index contributed by atoms with van der Waals surface area (Å²) in [5.41, 5.74) is 0. The molecule has 0 aromatic carbocycles. The second kappa shape index (κ2) is 6.79. The van der Waals surface area contributed by atoms with E-state index in [9.17, 15) is 9.90 Å². The molecule has 1 amide bonds.